The molecule has 0 aromatic carbocycles. The van der Waals surface area contributed by atoms with E-state index < -0.39 is 70.4 Å². The fourth-order valence-corrected chi connectivity index (χ4v) is 2.73. The van der Waals surface area contributed by atoms with Gasteiger partial charge < -0.3 is 9.47 Å². The first-order valence-corrected chi connectivity index (χ1v) is 5.92. The van der Waals surface area contributed by atoms with Crippen LogP contribution in [0, 0.1) is 10.8 Å². The van der Waals surface area contributed by atoms with Crippen LogP contribution in [-0.2, 0) is 28.7 Å². The summed E-state index contributed by atoms with van der Waals surface area (Å²) in [5, 5.41) is 0. The van der Waals surface area contributed by atoms with Gasteiger partial charge in [-0.05, 0) is 12.2 Å². The van der Waals surface area contributed by atoms with Gasteiger partial charge in [0.25, 0.3) is 0 Å². The van der Waals surface area contributed by atoms with E-state index in [9.17, 15) is 45.5 Å². The van der Waals surface area contributed by atoms with Crippen LogP contribution in [0.5, 0.6) is 0 Å². The van der Waals surface area contributed by atoms with Crippen LogP contribution in [0.3, 0.4) is 0 Å². The van der Waals surface area contributed by atoms with Gasteiger partial charge in [0.2, 0.25) is 10.8 Å². The second-order valence-corrected chi connectivity index (χ2v) is 5.08. The topological polar surface area (TPSA) is 86.7 Å². The van der Waals surface area contributed by atoms with Crippen LogP contribution in [0.4, 0.5) is 26.3 Å². The number of carbonyl (C=O) groups is 4. The number of cyclic esters (lactones) is 4. The van der Waals surface area contributed by atoms with Crippen LogP contribution < -0.4 is 0 Å². The van der Waals surface area contributed by atoms with Gasteiger partial charge in [0.15, 0.2) is 0 Å². The summed E-state index contributed by atoms with van der Waals surface area (Å²) >= 11 is 0. The van der Waals surface area contributed by atoms with E-state index in [1.54, 1.807) is 0 Å². The van der Waals surface area contributed by atoms with Gasteiger partial charge >= 0.3 is 36.2 Å². The molecule has 128 valence electrons. The molecule has 2 aliphatic heterocycles. The normalized spacial score (nSPS) is 32.8. The molecule has 0 amide bonds. The highest BCUT2D eigenvalue weighted by Crippen LogP contribution is 2.61. The van der Waals surface area contributed by atoms with E-state index in [2.05, 4.69) is 9.47 Å². The van der Waals surface area contributed by atoms with Crippen LogP contribution >= 0.6 is 0 Å². The van der Waals surface area contributed by atoms with Crippen molar-refractivity contribution in [2.45, 2.75) is 12.4 Å². The summed E-state index contributed by atoms with van der Waals surface area (Å²) in [6.07, 6.45) is -12.0. The summed E-state index contributed by atoms with van der Waals surface area (Å²) in [4.78, 5) is 46.0. The zero-order valence-corrected chi connectivity index (χ0v) is 10.9. The first kappa shape index (κ1) is 16.2. The van der Waals surface area contributed by atoms with Crippen molar-refractivity contribution >= 4 is 23.9 Å². The van der Waals surface area contributed by atoms with Gasteiger partial charge in [-0.15, -0.1) is 0 Å². The average Bonchev–Trinajstić information content (AvgIpc) is 2.81. The van der Waals surface area contributed by atoms with Crippen molar-refractivity contribution in [1.82, 2.24) is 0 Å². The Morgan fingerprint density at radius 2 is 0.958 bits per heavy atom. The standard InChI is InChI=1S/C12H2F6O6/c13-11(14,15)9-1-3-5(19)23-8(22)10(3,12(16,17)18)2-4(9)6(20)24-7(9)21/h1-2H. The Kier molecular flexibility index (Phi) is 2.74. The average molecular weight is 356 g/mol. The zero-order chi connectivity index (χ0) is 18.3. The SMILES string of the molecule is O=C1OC(=O)C2(C(F)(F)F)C=C3C(=O)OC(=O)C3(C(F)(F)F)C=C12. The van der Waals surface area contributed by atoms with E-state index in [0.717, 1.165) is 0 Å². The summed E-state index contributed by atoms with van der Waals surface area (Å²) in [5.74, 6) is -8.44. The van der Waals surface area contributed by atoms with E-state index in [1.807, 2.05) is 0 Å². The number of carbonyl (C=O) groups excluding carboxylic acids is 4. The Morgan fingerprint density at radius 3 is 1.21 bits per heavy atom. The van der Waals surface area contributed by atoms with Crippen molar-refractivity contribution in [1.29, 1.82) is 0 Å². The van der Waals surface area contributed by atoms with Gasteiger partial charge in [0.05, 0.1) is 11.1 Å². The zero-order valence-electron chi connectivity index (χ0n) is 10.9. The van der Waals surface area contributed by atoms with Gasteiger partial charge in [-0.25, -0.2) is 19.2 Å². The maximum absolute atomic E-state index is 13.4. The summed E-state index contributed by atoms with van der Waals surface area (Å²) in [6.45, 7) is 0. The number of ether oxygens (including phenoxy) is 2. The second kappa shape index (κ2) is 4.05. The third kappa shape index (κ3) is 1.52. The molecule has 2 saturated heterocycles. The van der Waals surface area contributed by atoms with Crippen LogP contribution in [0.15, 0.2) is 23.3 Å². The molecule has 0 spiro atoms. The molecule has 0 N–H and O–H groups in total. The molecule has 2 unspecified atom stereocenters. The highest BCUT2D eigenvalue weighted by Gasteiger charge is 2.77. The molecular weight excluding hydrogens is 354 g/mol. The molecule has 0 radical (unpaired) electrons. The fourth-order valence-electron chi connectivity index (χ4n) is 2.73. The lowest BCUT2D eigenvalue weighted by Gasteiger charge is -2.34. The maximum Gasteiger partial charge on any atom is 0.412 e. The molecule has 3 aliphatic rings. The quantitative estimate of drug-likeness (QED) is 0.367. The number of hydrogen-bond donors (Lipinski definition) is 0. The number of rotatable bonds is 0. The predicted octanol–water partition coefficient (Wildman–Crippen LogP) is 1.12. The minimum Gasteiger partial charge on any atom is -0.388 e. The van der Waals surface area contributed by atoms with E-state index in [4.69, 9.17) is 0 Å². The van der Waals surface area contributed by atoms with Crippen molar-refractivity contribution < 1.29 is 55.0 Å². The van der Waals surface area contributed by atoms with Gasteiger partial charge in [-0.2, -0.15) is 26.3 Å². The first-order chi connectivity index (χ1) is 10.8. The van der Waals surface area contributed by atoms with Crippen molar-refractivity contribution in [3.63, 3.8) is 0 Å². The van der Waals surface area contributed by atoms with Crippen LogP contribution in [0.2, 0.25) is 0 Å². The Hall–Kier alpha value is -2.66. The third-order valence-electron chi connectivity index (χ3n) is 3.92. The number of alkyl halides is 6. The lowest BCUT2D eigenvalue weighted by atomic mass is 9.66. The van der Waals surface area contributed by atoms with Gasteiger partial charge in [0.1, 0.15) is 0 Å². The molecule has 1 aliphatic carbocycles. The number of hydrogen-bond acceptors (Lipinski definition) is 6. The summed E-state index contributed by atoms with van der Waals surface area (Å²) in [5.41, 5.74) is -11.3. The molecule has 0 aromatic heterocycles. The molecule has 6 nitrogen and oxygen atoms in total. The predicted molar refractivity (Wildman–Crippen MR) is 55.3 cm³/mol. The fraction of sp³-hybridized carbons (Fsp3) is 0.333. The van der Waals surface area contributed by atoms with Crippen LogP contribution in [-0.4, -0.2) is 36.2 Å². The van der Waals surface area contributed by atoms with Crippen molar-refractivity contribution in [3.8, 4) is 0 Å². The molecule has 24 heavy (non-hydrogen) atoms. The molecule has 3 rings (SSSR count). The van der Waals surface area contributed by atoms with E-state index >= 15 is 0 Å². The molecule has 2 atom stereocenters. The second-order valence-electron chi connectivity index (χ2n) is 5.08. The van der Waals surface area contributed by atoms with Crippen LogP contribution in [0.1, 0.15) is 0 Å². The molecule has 0 saturated carbocycles. The van der Waals surface area contributed by atoms with Crippen LogP contribution in [0.25, 0.3) is 0 Å². The molecule has 2 heterocycles. The van der Waals surface area contributed by atoms with E-state index in [1.165, 1.54) is 0 Å². The molecule has 0 aromatic rings. The molecule has 0 bridgehead atoms. The van der Waals surface area contributed by atoms with Gasteiger partial charge in [-0.1, -0.05) is 0 Å². The lowest BCUT2D eigenvalue weighted by Crippen LogP contribution is -2.50. The summed E-state index contributed by atoms with van der Waals surface area (Å²) < 4.78 is 87.7. The minimum absolute atomic E-state index is 0.420. The smallest absolute Gasteiger partial charge is 0.388 e. The number of esters is 4. The van der Waals surface area contributed by atoms with E-state index in [-0.39, 0.29) is 0 Å². The Labute approximate surface area is 126 Å². The largest absolute Gasteiger partial charge is 0.412 e. The summed E-state index contributed by atoms with van der Waals surface area (Å²) in [7, 11) is 0. The lowest BCUT2D eigenvalue weighted by molar-refractivity contribution is -0.210. The number of halogens is 6. The van der Waals surface area contributed by atoms with Crippen molar-refractivity contribution in [3.05, 3.63) is 23.3 Å². The molecular formula is C12H2F6O6. The maximum atomic E-state index is 13.4. The minimum atomic E-state index is -5.60. The Balaban J connectivity index is 2.43. The van der Waals surface area contributed by atoms with Crippen molar-refractivity contribution in [2.24, 2.45) is 10.8 Å². The highest BCUT2D eigenvalue weighted by molar-refractivity contribution is 6.18. The van der Waals surface area contributed by atoms with Gasteiger partial charge in [-0.3, -0.25) is 0 Å². The van der Waals surface area contributed by atoms with E-state index in [0.29, 0.717) is 0 Å². The highest BCUT2D eigenvalue weighted by atomic mass is 19.4. The molecule has 2 fully saturated rings. The first-order valence-electron chi connectivity index (χ1n) is 5.92. The Morgan fingerprint density at radius 1 is 0.667 bits per heavy atom. The van der Waals surface area contributed by atoms with Gasteiger partial charge in [0, 0.05) is 0 Å². The number of fused-ring (bicyclic) bond motifs is 2. The molecule has 12 heteroatoms. The monoisotopic (exact) mass is 356 g/mol. The third-order valence-corrected chi connectivity index (χ3v) is 3.92. The Bertz CT molecular complexity index is 721. The summed E-state index contributed by atoms with van der Waals surface area (Å²) in [6, 6.07) is 0. The van der Waals surface area contributed by atoms with Crippen molar-refractivity contribution in [2.75, 3.05) is 0 Å².